The van der Waals surface area contributed by atoms with Crippen LogP contribution in [0.4, 0.5) is 15.8 Å². The number of methoxy groups -OCH3 is 2. The van der Waals surface area contributed by atoms with Crippen LogP contribution in [0, 0.1) is 5.82 Å². The third kappa shape index (κ3) is 3.83. The molecule has 0 atom stereocenters. The van der Waals surface area contributed by atoms with Crippen LogP contribution in [-0.4, -0.2) is 52.0 Å². The minimum absolute atomic E-state index is 0.00354. The summed E-state index contributed by atoms with van der Waals surface area (Å²) in [6.45, 7) is -0.185. The molecule has 4 aromatic rings. The first-order valence-corrected chi connectivity index (χ1v) is 9.64. The van der Waals surface area contributed by atoms with Crippen molar-refractivity contribution < 1.29 is 19.0 Å². The van der Waals surface area contributed by atoms with Gasteiger partial charge in [0.2, 0.25) is 0 Å². The normalized spacial score (nSPS) is 10.9. The second-order valence-electron chi connectivity index (χ2n) is 6.76. The van der Waals surface area contributed by atoms with Gasteiger partial charge in [0.1, 0.15) is 18.4 Å². The quantitative estimate of drug-likeness (QED) is 0.470. The molecule has 0 aliphatic heterocycles. The summed E-state index contributed by atoms with van der Waals surface area (Å²) in [7, 11) is 2.82. The SMILES string of the molecule is COc1cc(OC)c(F)c(N(CCO)c2ccc3ncn(-c4cncnc4)c(=O)c3c2)c1. The number of hydrogen-bond acceptors (Lipinski definition) is 8. The highest BCUT2D eigenvalue weighted by molar-refractivity contribution is 5.83. The van der Waals surface area contributed by atoms with Crippen molar-refractivity contribution in [2.24, 2.45) is 0 Å². The number of anilines is 2. The molecule has 0 amide bonds. The molecule has 0 fully saturated rings. The Labute approximate surface area is 182 Å². The highest BCUT2D eigenvalue weighted by Crippen LogP contribution is 2.37. The Kier molecular flexibility index (Phi) is 5.95. The van der Waals surface area contributed by atoms with E-state index in [0.29, 0.717) is 28.0 Å². The van der Waals surface area contributed by atoms with Gasteiger partial charge in [-0.15, -0.1) is 0 Å². The molecule has 2 aromatic carbocycles. The smallest absolute Gasteiger partial charge is 0.265 e. The number of hydrogen-bond donors (Lipinski definition) is 1. The van der Waals surface area contributed by atoms with Gasteiger partial charge in [0, 0.05) is 24.4 Å². The number of aliphatic hydroxyl groups excluding tert-OH is 1. The molecule has 0 aliphatic rings. The average Bonchev–Trinajstić information content (AvgIpc) is 2.83. The van der Waals surface area contributed by atoms with E-state index in [1.807, 2.05) is 0 Å². The molecule has 0 aliphatic carbocycles. The summed E-state index contributed by atoms with van der Waals surface area (Å²) in [5.74, 6) is -0.238. The number of halogens is 1. The van der Waals surface area contributed by atoms with Crippen molar-refractivity contribution in [2.75, 3.05) is 32.3 Å². The minimum atomic E-state index is -0.619. The van der Waals surface area contributed by atoms with E-state index in [-0.39, 0.29) is 30.1 Å². The van der Waals surface area contributed by atoms with Crippen molar-refractivity contribution in [3.8, 4) is 17.2 Å². The van der Waals surface area contributed by atoms with Crippen molar-refractivity contribution in [1.29, 1.82) is 0 Å². The predicted octanol–water partition coefficient (Wildman–Crippen LogP) is 2.46. The third-order valence-corrected chi connectivity index (χ3v) is 4.94. The summed E-state index contributed by atoms with van der Waals surface area (Å²) in [5.41, 5.74) is 1.23. The first-order valence-electron chi connectivity index (χ1n) is 9.64. The van der Waals surface area contributed by atoms with E-state index in [1.54, 1.807) is 23.1 Å². The maximum Gasteiger partial charge on any atom is 0.265 e. The lowest BCUT2D eigenvalue weighted by Gasteiger charge is -2.26. The number of ether oxygens (including phenoxy) is 2. The summed E-state index contributed by atoms with van der Waals surface area (Å²) in [5, 5.41) is 9.96. The fourth-order valence-corrected chi connectivity index (χ4v) is 3.39. The van der Waals surface area contributed by atoms with Crippen molar-refractivity contribution in [2.45, 2.75) is 0 Å². The standard InChI is InChI=1S/C22H20FN5O4/c1-31-16-8-19(21(23)20(9-16)32-2)27(5-6-29)14-3-4-18-17(7-14)22(30)28(13-26-18)15-10-24-12-25-11-15/h3-4,7-13,29H,5-6H2,1-2H3. The van der Waals surface area contributed by atoms with Crippen molar-refractivity contribution in [1.82, 2.24) is 19.5 Å². The monoisotopic (exact) mass is 437 g/mol. The Balaban J connectivity index is 1.89. The van der Waals surface area contributed by atoms with E-state index >= 15 is 4.39 Å². The van der Waals surface area contributed by atoms with Crippen LogP contribution in [0.25, 0.3) is 16.6 Å². The van der Waals surface area contributed by atoms with Gasteiger partial charge in [0.15, 0.2) is 11.6 Å². The van der Waals surface area contributed by atoms with Gasteiger partial charge in [0.25, 0.3) is 5.56 Å². The molecule has 0 unspecified atom stereocenters. The minimum Gasteiger partial charge on any atom is -0.497 e. The van der Waals surface area contributed by atoms with Crippen LogP contribution in [0.3, 0.4) is 0 Å². The van der Waals surface area contributed by atoms with Gasteiger partial charge in [-0.1, -0.05) is 0 Å². The molecule has 10 heteroatoms. The van der Waals surface area contributed by atoms with E-state index in [9.17, 15) is 9.90 Å². The topological polar surface area (TPSA) is 103 Å². The molecule has 32 heavy (non-hydrogen) atoms. The van der Waals surface area contributed by atoms with Crippen molar-refractivity contribution in [3.05, 3.63) is 71.6 Å². The van der Waals surface area contributed by atoms with Crippen LogP contribution < -0.4 is 19.9 Å². The maximum absolute atomic E-state index is 15.1. The van der Waals surface area contributed by atoms with Gasteiger partial charge < -0.3 is 19.5 Å². The molecule has 0 saturated heterocycles. The number of aromatic nitrogens is 4. The molecule has 2 heterocycles. The number of fused-ring (bicyclic) bond motifs is 1. The zero-order valence-electron chi connectivity index (χ0n) is 17.4. The summed E-state index contributed by atoms with van der Waals surface area (Å²) < 4.78 is 26.8. The third-order valence-electron chi connectivity index (χ3n) is 4.94. The first-order chi connectivity index (χ1) is 15.6. The van der Waals surface area contributed by atoms with Gasteiger partial charge in [-0.25, -0.2) is 19.3 Å². The summed E-state index contributed by atoms with van der Waals surface area (Å²) in [4.78, 5) is 26.9. The molecular formula is C22H20FN5O4. The summed E-state index contributed by atoms with van der Waals surface area (Å²) >= 11 is 0. The lowest BCUT2D eigenvalue weighted by atomic mass is 10.1. The van der Waals surface area contributed by atoms with Crippen LogP contribution in [0.5, 0.6) is 11.5 Å². The molecule has 9 nitrogen and oxygen atoms in total. The fourth-order valence-electron chi connectivity index (χ4n) is 3.39. The molecular weight excluding hydrogens is 417 g/mol. The van der Waals surface area contributed by atoms with E-state index in [2.05, 4.69) is 15.0 Å². The molecule has 4 rings (SSSR count). The van der Waals surface area contributed by atoms with Crippen LogP contribution >= 0.6 is 0 Å². The van der Waals surface area contributed by atoms with E-state index in [4.69, 9.17) is 9.47 Å². The molecule has 0 bridgehead atoms. The van der Waals surface area contributed by atoms with Gasteiger partial charge in [-0.05, 0) is 18.2 Å². The second-order valence-corrected chi connectivity index (χ2v) is 6.76. The van der Waals surface area contributed by atoms with Crippen LogP contribution in [0.2, 0.25) is 0 Å². The Morgan fingerprint density at radius 2 is 1.91 bits per heavy atom. The van der Waals surface area contributed by atoms with Crippen molar-refractivity contribution in [3.63, 3.8) is 0 Å². The highest BCUT2D eigenvalue weighted by atomic mass is 19.1. The molecule has 164 valence electrons. The molecule has 0 radical (unpaired) electrons. The molecule has 0 spiro atoms. The number of aliphatic hydroxyl groups is 1. The number of rotatable bonds is 7. The van der Waals surface area contributed by atoms with Gasteiger partial charge in [0.05, 0.1) is 55.5 Å². The van der Waals surface area contributed by atoms with Gasteiger partial charge in [-0.3, -0.25) is 9.36 Å². The fraction of sp³-hybridized carbons (Fsp3) is 0.182. The Morgan fingerprint density at radius 1 is 1.12 bits per heavy atom. The number of nitrogens with zero attached hydrogens (tertiary/aromatic N) is 5. The molecule has 0 saturated carbocycles. The lowest BCUT2D eigenvalue weighted by Crippen LogP contribution is -2.23. The van der Waals surface area contributed by atoms with Crippen LogP contribution in [-0.2, 0) is 0 Å². The summed E-state index contributed by atoms with van der Waals surface area (Å²) in [6, 6.07) is 7.90. The average molecular weight is 437 g/mol. The number of benzene rings is 2. The molecule has 1 N–H and O–H groups in total. The van der Waals surface area contributed by atoms with E-state index in [1.165, 1.54) is 56.0 Å². The zero-order valence-corrected chi connectivity index (χ0v) is 17.4. The Hall–Kier alpha value is -4.05. The Bertz CT molecular complexity index is 1310. The first kappa shape index (κ1) is 21.2. The summed E-state index contributed by atoms with van der Waals surface area (Å²) in [6.07, 6.45) is 5.77. The molecule has 2 aromatic heterocycles. The zero-order chi connectivity index (χ0) is 22.7. The lowest BCUT2D eigenvalue weighted by molar-refractivity contribution is 0.305. The largest absolute Gasteiger partial charge is 0.497 e. The van der Waals surface area contributed by atoms with Crippen LogP contribution in [0.1, 0.15) is 0 Å². The Morgan fingerprint density at radius 3 is 2.59 bits per heavy atom. The predicted molar refractivity (Wildman–Crippen MR) is 117 cm³/mol. The van der Waals surface area contributed by atoms with Gasteiger partial charge in [-0.2, -0.15) is 0 Å². The second kappa shape index (κ2) is 8.98. The van der Waals surface area contributed by atoms with E-state index < -0.39 is 5.82 Å². The van der Waals surface area contributed by atoms with Crippen LogP contribution in [0.15, 0.2) is 60.2 Å². The van der Waals surface area contributed by atoms with E-state index in [0.717, 1.165) is 0 Å². The maximum atomic E-state index is 15.1. The van der Waals surface area contributed by atoms with Crippen molar-refractivity contribution >= 4 is 22.3 Å². The van der Waals surface area contributed by atoms with Gasteiger partial charge >= 0.3 is 0 Å². The highest BCUT2D eigenvalue weighted by Gasteiger charge is 2.20.